The van der Waals surface area contributed by atoms with Crippen molar-refractivity contribution in [3.63, 3.8) is 0 Å². The van der Waals surface area contributed by atoms with Crippen LogP contribution in [-0.4, -0.2) is 45.3 Å². The summed E-state index contributed by atoms with van der Waals surface area (Å²) < 4.78 is 0. The Morgan fingerprint density at radius 3 is 2.94 bits per heavy atom. The summed E-state index contributed by atoms with van der Waals surface area (Å²) >= 11 is 0. The Morgan fingerprint density at radius 2 is 2.35 bits per heavy atom. The van der Waals surface area contributed by atoms with Crippen LogP contribution in [0.2, 0.25) is 0 Å². The molecule has 0 unspecified atom stereocenters. The molecule has 1 saturated heterocycles. The Labute approximate surface area is 101 Å². The highest BCUT2D eigenvalue weighted by molar-refractivity contribution is 5.79. The van der Waals surface area contributed by atoms with Gasteiger partial charge in [0.1, 0.15) is 0 Å². The van der Waals surface area contributed by atoms with E-state index < -0.39 is 0 Å². The molecule has 1 aliphatic rings. The molecule has 1 aromatic rings. The van der Waals surface area contributed by atoms with E-state index in [4.69, 9.17) is 0 Å². The molecule has 1 aliphatic heterocycles. The first kappa shape index (κ1) is 12.1. The molecule has 0 aromatic carbocycles. The number of aryl methyl sites for hydroxylation is 2. The van der Waals surface area contributed by atoms with Gasteiger partial charge in [-0.2, -0.15) is 5.10 Å². The third kappa shape index (κ3) is 2.34. The van der Waals surface area contributed by atoms with Crippen molar-refractivity contribution < 1.29 is 9.90 Å². The first-order chi connectivity index (χ1) is 8.13. The van der Waals surface area contributed by atoms with Crippen LogP contribution in [0.5, 0.6) is 0 Å². The van der Waals surface area contributed by atoms with Crippen molar-refractivity contribution in [2.75, 3.05) is 13.2 Å². The third-order valence-corrected chi connectivity index (χ3v) is 3.52. The number of carbonyl (C=O) groups excluding carboxylic acids is 1. The van der Waals surface area contributed by atoms with Crippen LogP contribution >= 0.6 is 0 Å². The van der Waals surface area contributed by atoms with Crippen molar-refractivity contribution in [3.8, 4) is 0 Å². The highest BCUT2D eigenvalue weighted by Gasteiger charge is 2.28. The van der Waals surface area contributed by atoms with E-state index in [2.05, 4.69) is 10.2 Å². The minimum Gasteiger partial charge on any atom is -0.394 e. The topological polar surface area (TPSA) is 69.2 Å². The normalized spacial score (nSPS) is 19.9. The molecular formula is C12H19N3O2. The third-order valence-electron chi connectivity index (χ3n) is 3.52. The van der Waals surface area contributed by atoms with E-state index in [1.54, 1.807) is 4.90 Å². The summed E-state index contributed by atoms with van der Waals surface area (Å²) in [4.78, 5) is 14.0. The van der Waals surface area contributed by atoms with Gasteiger partial charge in [0.25, 0.3) is 0 Å². The van der Waals surface area contributed by atoms with E-state index in [1.807, 2.05) is 13.8 Å². The number of H-pyrrole nitrogens is 1. The molecule has 2 heterocycles. The van der Waals surface area contributed by atoms with Crippen LogP contribution < -0.4 is 0 Å². The Hall–Kier alpha value is -1.36. The highest BCUT2D eigenvalue weighted by atomic mass is 16.3. The maximum atomic E-state index is 12.2. The van der Waals surface area contributed by atoms with Gasteiger partial charge >= 0.3 is 0 Å². The predicted octanol–water partition coefficient (Wildman–Crippen LogP) is 0.552. The second-order valence-electron chi connectivity index (χ2n) is 4.66. The molecule has 0 saturated carbocycles. The summed E-state index contributed by atoms with van der Waals surface area (Å²) in [5.74, 6) is 0.0918. The quantitative estimate of drug-likeness (QED) is 0.806. The van der Waals surface area contributed by atoms with Crippen LogP contribution in [0.3, 0.4) is 0 Å². The van der Waals surface area contributed by atoms with Gasteiger partial charge in [-0.3, -0.25) is 9.89 Å². The summed E-state index contributed by atoms with van der Waals surface area (Å²) in [7, 11) is 0. The lowest BCUT2D eigenvalue weighted by molar-refractivity contribution is -0.132. The minimum atomic E-state index is 0.00927. The van der Waals surface area contributed by atoms with Crippen LogP contribution in [-0.2, 0) is 11.2 Å². The van der Waals surface area contributed by atoms with Gasteiger partial charge in [0.2, 0.25) is 5.91 Å². The summed E-state index contributed by atoms with van der Waals surface area (Å²) in [5.41, 5.74) is 2.82. The fourth-order valence-electron chi connectivity index (χ4n) is 2.44. The van der Waals surface area contributed by atoms with Crippen molar-refractivity contribution in [1.29, 1.82) is 0 Å². The predicted molar refractivity (Wildman–Crippen MR) is 63.6 cm³/mol. The first-order valence-electron chi connectivity index (χ1n) is 6.04. The van der Waals surface area contributed by atoms with E-state index in [0.29, 0.717) is 6.42 Å². The average molecular weight is 237 g/mol. The number of hydrogen-bond donors (Lipinski definition) is 2. The fourth-order valence-corrected chi connectivity index (χ4v) is 2.44. The molecule has 1 atom stereocenters. The van der Waals surface area contributed by atoms with E-state index in [0.717, 1.165) is 36.3 Å². The Bertz CT molecular complexity index is 394. The Balaban J connectivity index is 2.07. The molecular weight excluding hydrogens is 218 g/mol. The maximum Gasteiger partial charge on any atom is 0.227 e. The molecule has 17 heavy (non-hydrogen) atoms. The molecule has 0 radical (unpaired) electrons. The molecule has 0 bridgehead atoms. The second kappa shape index (κ2) is 4.87. The van der Waals surface area contributed by atoms with Crippen molar-refractivity contribution in [3.05, 3.63) is 17.0 Å². The van der Waals surface area contributed by atoms with E-state index >= 15 is 0 Å². The number of carbonyl (C=O) groups is 1. The van der Waals surface area contributed by atoms with Crippen LogP contribution in [0.1, 0.15) is 29.8 Å². The van der Waals surface area contributed by atoms with Crippen molar-refractivity contribution >= 4 is 5.91 Å². The van der Waals surface area contributed by atoms with Gasteiger partial charge in [-0.15, -0.1) is 0 Å². The van der Waals surface area contributed by atoms with Crippen molar-refractivity contribution in [2.24, 2.45) is 0 Å². The van der Waals surface area contributed by atoms with Gasteiger partial charge in [-0.1, -0.05) is 0 Å². The number of aliphatic hydroxyl groups is 1. The largest absolute Gasteiger partial charge is 0.394 e. The summed E-state index contributed by atoms with van der Waals surface area (Å²) in [6, 6.07) is 0.00927. The van der Waals surface area contributed by atoms with Gasteiger partial charge in [0, 0.05) is 17.8 Å². The first-order valence-corrected chi connectivity index (χ1v) is 6.04. The fraction of sp³-hybridized carbons (Fsp3) is 0.667. The second-order valence-corrected chi connectivity index (χ2v) is 4.66. The summed E-state index contributed by atoms with van der Waals surface area (Å²) in [5, 5.41) is 16.2. The maximum absolute atomic E-state index is 12.2. The zero-order valence-corrected chi connectivity index (χ0v) is 10.4. The standard InChI is InChI=1S/C12H19N3O2/c1-8-11(9(2)14-13-8)6-12(17)15-5-3-4-10(15)7-16/h10,16H,3-7H2,1-2H3,(H,13,14)/t10-/m0/s1. The van der Waals surface area contributed by atoms with Gasteiger partial charge in [-0.25, -0.2) is 0 Å². The number of likely N-dealkylation sites (tertiary alicyclic amines) is 1. The number of aromatic nitrogens is 2. The monoisotopic (exact) mass is 237 g/mol. The lowest BCUT2D eigenvalue weighted by atomic mass is 10.1. The van der Waals surface area contributed by atoms with Crippen LogP contribution in [0, 0.1) is 13.8 Å². The highest BCUT2D eigenvalue weighted by Crippen LogP contribution is 2.19. The van der Waals surface area contributed by atoms with Crippen LogP contribution in [0.4, 0.5) is 0 Å². The molecule has 2 N–H and O–H groups in total. The van der Waals surface area contributed by atoms with Crippen LogP contribution in [0.15, 0.2) is 0 Å². The molecule has 5 nitrogen and oxygen atoms in total. The molecule has 1 fully saturated rings. The Morgan fingerprint density at radius 1 is 1.59 bits per heavy atom. The summed E-state index contributed by atoms with van der Waals surface area (Å²) in [6.45, 7) is 4.66. The lowest BCUT2D eigenvalue weighted by Gasteiger charge is -2.23. The summed E-state index contributed by atoms with van der Waals surface area (Å²) in [6.07, 6.45) is 2.27. The smallest absolute Gasteiger partial charge is 0.227 e. The number of hydrogen-bond acceptors (Lipinski definition) is 3. The minimum absolute atomic E-state index is 0.00927. The average Bonchev–Trinajstić information content (AvgIpc) is 2.90. The lowest BCUT2D eigenvalue weighted by Crippen LogP contribution is -2.38. The number of nitrogens with zero attached hydrogens (tertiary/aromatic N) is 2. The molecule has 0 spiro atoms. The molecule has 2 rings (SSSR count). The van der Waals surface area contributed by atoms with Gasteiger partial charge in [0.15, 0.2) is 0 Å². The number of rotatable bonds is 3. The SMILES string of the molecule is Cc1n[nH]c(C)c1CC(=O)N1CCC[C@H]1CO. The Kier molecular flexibility index (Phi) is 3.47. The molecule has 1 amide bonds. The number of aliphatic hydroxyl groups excluding tert-OH is 1. The molecule has 1 aromatic heterocycles. The van der Waals surface area contributed by atoms with Crippen molar-refractivity contribution in [1.82, 2.24) is 15.1 Å². The molecule has 0 aliphatic carbocycles. The molecule has 5 heteroatoms. The van der Waals surface area contributed by atoms with Crippen LogP contribution in [0.25, 0.3) is 0 Å². The molecule has 94 valence electrons. The van der Waals surface area contributed by atoms with Gasteiger partial charge in [0.05, 0.1) is 24.8 Å². The number of amides is 1. The zero-order valence-electron chi connectivity index (χ0n) is 10.4. The zero-order chi connectivity index (χ0) is 12.4. The van der Waals surface area contributed by atoms with Crippen molar-refractivity contribution in [2.45, 2.75) is 39.2 Å². The van der Waals surface area contributed by atoms with E-state index in [-0.39, 0.29) is 18.6 Å². The number of nitrogens with one attached hydrogen (secondary N) is 1. The number of aromatic amines is 1. The van der Waals surface area contributed by atoms with Gasteiger partial charge in [-0.05, 0) is 26.7 Å². The van der Waals surface area contributed by atoms with Gasteiger partial charge < -0.3 is 10.0 Å². The van der Waals surface area contributed by atoms with E-state index in [9.17, 15) is 9.90 Å². The van der Waals surface area contributed by atoms with E-state index in [1.165, 1.54) is 0 Å².